The fourth-order valence-electron chi connectivity index (χ4n) is 6.57. The molecule has 3 unspecified atom stereocenters. The summed E-state index contributed by atoms with van der Waals surface area (Å²) in [6.45, 7) is 4.62. The number of quaternary nitrogens is 1. The van der Waals surface area contributed by atoms with Gasteiger partial charge in [0.1, 0.15) is 13.2 Å². The normalized spacial score (nSPS) is 14.6. The molecule has 0 bridgehead atoms. The lowest BCUT2D eigenvalue weighted by Gasteiger charge is -2.29. The van der Waals surface area contributed by atoms with Crippen molar-refractivity contribution < 1.29 is 32.9 Å². The van der Waals surface area contributed by atoms with E-state index in [1.807, 2.05) is 27.2 Å². The molecule has 3 atom stereocenters. The van der Waals surface area contributed by atoms with Crippen LogP contribution in [-0.4, -0.2) is 68.5 Å². The Hall–Kier alpha value is -1.28. The number of nitrogens with zero attached hydrogens (tertiary/aromatic N) is 1. The van der Waals surface area contributed by atoms with Gasteiger partial charge in [-0.1, -0.05) is 179 Å². The third-order valence-corrected chi connectivity index (χ3v) is 11.3. The largest absolute Gasteiger partial charge is 0.756 e. The van der Waals surface area contributed by atoms with E-state index in [1.165, 1.54) is 135 Å². The summed E-state index contributed by atoms with van der Waals surface area (Å²) in [6, 6.07) is -0.905. The van der Waals surface area contributed by atoms with E-state index in [2.05, 4.69) is 43.5 Å². The molecule has 0 saturated carbocycles. The third kappa shape index (κ3) is 40.9. The average Bonchev–Trinajstić information content (AvgIpc) is 3.15. The number of aliphatic hydroxyl groups is 1. The lowest BCUT2D eigenvalue weighted by molar-refractivity contribution is -0.870. The van der Waals surface area contributed by atoms with Crippen molar-refractivity contribution in [3.63, 3.8) is 0 Å². The molecule has 0 saturated heterocycles. The molecule has 0 aromatic rings. The number of phosphoric ester groups is 1. The summed E-state index contributed by atoms with van der Waals surface area (Å²) >= 11 is 0. The Balaban J connectivity index is 4.45. The van der Waals surface area contributed by atoms with Crippen molar-refractivity contribution in [1.29, 1.82) is 0 Å². The van der Waals surface area contributed by atoms with Gasteiger partial charge >= 0.3 is 0 Å². The van der Waals surface area contributed by atoms with Crippen molar-refractivity contribution in [2.45, 2.75) is 219 Å². The highest BCUT2D eigenvalue weighted by Gasteiger charge is 2.23. The maximum atomic E-state index is 12.8. The number of likely N-dealkylation sites (N-methyl/N-ethyl adjacent to an activating group) is 1. The fraction of sp³-hybridized carbons (Fsp3) is 0.851. The number of hydrogen-bond donors (Lipinski definition) is 2. The van der Waals surface area contributed by atoms with Gasteiger partial charge in [0.15, 0.2) is 0 Å². The minimum absolute atomic E-state index is 0.00782. The number of unbranched alkanes of at least 4 members (excludes halogenated alkanes) is 25. The van der Waals surface area contributed by atoms with Crippen molar-refractivity contribution in [2.24, 2.45) is 0 Å². The van der Waals surface area contributed by atoms with E-state index in [9.17, 15) is 19.4 Å². The molecule has 0 radical (unpaired) electrons. The topological polar surface area (TPSA) is 108 Å². The summed E-state index contributed by atoms with van der Waals surface area (Å²) in [6.07, 6.45) is 47.6. The minimum atomic E-state index is -4.60. The molecule has 0 aliphatic heterocycles. The molecule has 0 aliphatic rings. The number of amides is 1. The minimum Gasteiger partial charge on any atom is -0.756 e. The molecular formula is C47H91N2O6P. The monoisotopic (exact) mass is 811 g/mol. The van der Waals surface area contributed by atoms with Gasteiger partial charge in [0, 0.05) is 6.42 Å². The van der Waals surface area contributed by atoms with Crippen molar-refractivity contribution >= 4 is 13.7 Å². The molecule has 0 aliphatic carbocycles. The zero-order valence-electron chi connectivity index (χ0n) is 37.3. The summed E-state index contributed by atoms with van der Waals surface area (Å²) in [5.41, 5.74) is 0. The van der Waals surface area contributed by atoms with Crippen LogP contribution in [0.1, 0.15) is 206 Å². The summed E-state index contributed by atoms with van der Waals surface area (Å²) in [7, 11) is 1.24. The maximum absolute atomic E-state index is 12.8. The van der Waals surface area contributed by atoms with Crippen LogP contribution >= 0.6 is 7.82 Å². The first-order valence-electron chi connectivity index (χ1n) is 23.4. The van der Waals surface area contributed by atoms with Gasteiger partial charge in [-0.2, -0.15) is 0 Å². The number of allylic oxidation sites excluding steroid dienone is 5. The molecule has 0 rings (SSSR count). The molecule has 9 heteroatoms. The van der Waals surface area contributed by atoms with Crippen LogP contribution < -0.4 is 10.2 Å². The number of aliphatic hydroxyl groups excluding tert-OH is 1. The SMILES string of the molecule is CCCCCCCC/C=C\CCCCCCCC(=O)NC(COP(=O)([O-])OCC[N+](C)(C)C)C(O)/C=C/CC/C=C/CCCCCCCCCCCCCCC. The molecule has 8 nitrogen and oxygen atoms in total. The highest BCUT2D eigenvalue weighted by Crippen LogP contribution is 2.38. The van der Waals surface area contributed by atoms with E-state index in [1.54, 1.807) is 6.08 Å². The average molecular weight is 811 g/mol. The smallest absolute Gasteiger partial charge is 0.268 e. The zero-order valence-corrected chi connectivity index (χ0v) is 38.2. The van der Waals surface area contributed by atoms with Crippen LogP contribution in [0.4, 0.5) is 0 Å². The number of hydrogen-bond acceptors (Lipinski definition) is 6. The Morgan fingerprint density at radius 2 is 1.00 bits per heavy atom. The Morgan fingerprint density at radius 1 is 0.607 bits per heavy atom. The van der Waals surface area contributed by atoms with Crippen LogP contribution in [0.15, 0.2) is 36.5 Å². The molecule has 0 aromatic heterocycles. The van der Waals surface area contributed by atoms with Crippen LogP contribution in [0.25, 0.3) is 0 Å². The first kappa shape index (κ1) is 54.7. The van der Waals surface area contributed by atoms with Gasteiger partial charge in [0.2, 0.25) is 5.91 Å². The van der Waals surface area contributed by atoms with Crippen LogP contribution in [0, 0.1) is 0 Å². The molecular weight excluding hydrogens is 719 g/mol. The van der Waals surface area contributed by atoms with Gasteiger partial charge in [-0.05, 0) is 57.8 Å². The van der Waals surface area contributed by atoms with Gasteiger partial charge in [0.25, 0.3) is 7.82 Å². The van der Waals surface area contributed by atoms with E-state index in [0.717, 1.165) is 51.4 Å². The second-order valence-corrected chi connectivity index (χ2v) is 18.5. The van der Waals surface area contributed by atoms with Crippen molar-refractivity contribution in [3.05, 3.63) is 36.5 Å². The Labute approximate surface area is 347 Å². The second-order valence-electron chi connectivity index (χ2n) is 17.1. The molecule has 1 amide bonds. The highest BCUT2D eigenvalue weighted by molar-refractivity contribution is 7.45. The summed E-state index contributed by atoms with van der Waals surface area (Å²) in [5.74, 6) is -0.216. The fourth-order valence-corrected chi connectivity index (χ4v) is 7.30. The van der Waals surface area contributed by atoms with Crippen molar-refractivity contribution in [3.8, 4) is 0 Å². The second kappa shape index (κ2) is 39.2. The number of rotatable bonds is 42. The van der Waals surface area contributed by atoms with E-state index in [0.29, 0.717) is 17.4 Å². The quantitative estimate of drug-likeness (QED) is 0.0275. The number of carbonyl (C=O) groups is 1. The van der Waals surface area contributed by atoms with Gasteiger partial charge in [-0.3, -0.25) is 9.36 Å². The molecule has 330 valence electrons. The van der Waals surface area contributed by atoms with Crippen molar-refractivity contribution in [1.82, 2.24) is 5.32 Å². The zero-order chi connectivity index (χ0) is 41.4. The van der Waals surface area contributed by atoms with Gasteiger partial charge in [-0.15, -0.1) is 0 Å². The summed E-state index contributed by atoms with van der Waals surface area (Å²) < 4.78 is 23.2. The van der Waals surface area contributed by atoms with E-state index in [4.69, 9.17) is 9.05 Å². The van der Waals surface area contributed by atoms with E-state index >= 15 is 0 Å². The lowest BCUT2D eigenvalue weighted by Crippen LogP contribution is -2.45. The predicted molar refractivity (Wildman–Crippen MR) is 238 cm³/mol. The molecule has 0 heterocycles. The summed E-state index contributed by atoms with van der Waals surface area (Å²) in [4.78, 5) is 25.3. The Kier molecular flexibility index (Phi) is 38.3. The van der Waals surface area contributed by atoms with Gasteiger partial charge in [-0.25, -0.2) is 0 Å². The van der Waals surface area contributed by atoms with E-state index < -0.39 is 26.6 Å². The Morgan fingerprint density at radius 3 is 1.45 bits per heavy atom. The number of phosphoric acid groups is 1. The number of carbonyl (C=O) groups excluding carboxylic acids is 1. The van der Waals surface area contributed by atoms with Crippen LogP contribution in [0.3, 0.4) is 0 Å². The highest BCUT2D eigenvalue weighted by atomic mass is 31.2. The summed E-state index contributed by atoms with van der Waals surface area (Å²) in [5, 5.41) is 13.8. The third-order valence-electron chi connectivity index (χ3n) is 10.3. The molecule has 56 heavy (non-hydrogen) atoms. The van der Waals surface area contributed by atoms with Crippen LogP contribution in [-0.2, 0) is 18.4 Å². The van der Waals surface area contributed by atoms with Crippen LogP contribution in [0.5, 0.6) is 0 Å². The molecule has 0 spiro atoms. The Bertz CT molecular complexity index is 1010. The first-order valence-corrected chi connectivity index (χ1v) is 24.8. The molecule has 2 N–H and O–H groups in total. The number of nitrogens with one attached hydrogen (secondary N) is 1. The van der Waals surface area contributed by atoms with E-state index in [-0.39, 0.29) is 12.5 Å². The van der Waals surface area contributed by atoms with Gasteiger partial charge < -0.3 is 28.8 Å². The van der Waals surface area contributed by atoms with Crippen molar-refractivity contribution in [2.75, 3.05) is 40.9 Å². The standard InChI is InChI=1S/C47H91N2O6P/c1-6-8-10-12-14-16-18-20-22-23-24-25-27-28-30-32-34-36-38-40-46(50)45(44-55-56(52,53)54-43-42-49(3,4)5)48-47(51)41-39-37-35-33-31-29-26-21-19-17-15-13-11-9-7-2/h21,26,30,32,38,40,45-46,50H,6-20,22-25,27-29,31,33-37,39,41-44H2,1-5H3,(H-,48,51,52,53)/b26-21-,32-30+,40-38+. The van der Waals surface area contributed by atoms with Crippen LogP contribution in [0.2, 0.25) is 0 Å². The maximum Gasteiger partial charge on any atom is 0.268 e. The molecule has 0 aromatic carbocycles. The predicted octanol–water partition coefficient (Wildman–Crippen LogP) is 12.5. The van der Waals surface area contributed by atoms with Gasteiger partial charge in [0.05, 0.1) is 39.9 Å². The molecule has 0 fully saturated rings. The lowest BCUT2D eigenvalue weighted by atomic mass is 10.0. The first-order chi connectivity index (χ1) is 27.0.